The van der Waals surface area contributed by atoms with Crippen LogP contribution in [0.15, 0.2) is 12.7 Å². The third-order valence-corrected chi connectivity index (χ3v) is 0.167. The molecule has 0 bridgehead atoms. The SMILES string of the molecule is C=CCN.CC(N)=O. The van der Waals surface area contributed by atoms with E-state index in [0.717, 1.165) is 0 Å². The highest BCUT2D eigenvalue weighted by atomic mass is 16.1. The molecule has 48 valence electrons. The summed E-state index contributed by atoms with van der Waals surface area (Å²) in [6.07, 6.45) is 1.65. The monoisotopic (exact) mass is 116 g/mol. The molecule has 0 saturated heterocycles. The molecule has 0 aromatic rings. The summed E-state index contributed by atoms with van der Waals surface area (Å²) >= 11 is 0. The van der Waals surface area contributed by atoms with E-state index in [0.29, 0.717) is 6.54 Å². The molecule has 3 heteroatoms. The molecule has 0 aliphatic heterocycles. The van der Waals surface area contributed by atoms with E-state index in [2.05, 4.69) is 12.3 Å². The maximum Gasteiger partial charge on any atom is 0.214 e. The lowest BCUT2D eigenvalue weighted by molar-refractivity contribution is -0.115. The predicted molar refractivity (Wildman–Crippen MR) is 34.1 cm³/mol. The van der Waals surface area contributed by atoms with Crippen molar-refractivity contribution in [3.63, 3.8) is 0 Å². The summed E-state index contributed by atoms with van der Waals surface area (Å²) in [5.41, 5.74) is 9.38. The molecular formula is C5H12N2O. The van der Waals surface area contributed by atoms with Gasteiger partial charge in [-0.05, 0) is 0 Å². The highest BCUT2D eigenvalue weighted by Crippen LogP contribution is 1.40. The van der Waals surface area contributed by atoms with E-state index in [1.54, 1.807) is 6.08 Å². The van der Waals surface area contributed by atoms with Gasteiger partial charge in [0.2, 0.25) is 5.91 Å². The van der Waals surface area contributed by atoms with Crippen LogP contribution in [0.5, 0.6) is 0 Å². The Kier molecular flexibility index (Phi) is 12.1. The van der Waals surface area contributed by atoms with E-state index in [-0.39, 0.29) is 5.91 Å². The van der Waals surface area contributed by atoms with Gasteiger partial charge in [0.05, 0.1) is 0 Å². The van der Waals surface area contributed by atoms with E-state index in [1.165, 1.54) is 6.92 Å². The van der Waals surface area contributed by atoms with Gasteiger partial charge in [-0.1, -0.05) is 6.08 Å². The van der Waals surface area contributed by atoms with Crippen molar-refractivity contribution in [2.75, 3.05) is 6.54 Å². The van der Waals surface area contributed by atoms with Gasteiger partial charge in [0.15, 0.2) is 0 Å². The number of hydrogen-bond donors (Lipinski definition) is 2. The summed E-state index contributed by atoms with van der Waals surface area (Å²) < 4.78 is 0. The number of nitrogens with two attached hydrogens (primary N) is 2. The second kappa shape index (κ2) is 9.48. The lowest BCUT2D eigenvalue weighted by Crippen LogP contribution is -2.01. The zero-order chi connectivity index (χ0) is 6.99. The maximum atomic E-state index is 9.22. The normalized spacial score (nSPS) is 6.25. The van der Waals surface area contributed by atoms with Crippen LogP contribution < -0.4 is 11.5 Å². The molecule has 0 rings (SSSR count). The summed E-state index contributed by atoms with van der Waals surface area (Å²) in [6, 6.07) is 0. The van der Waals surface area contributed by atoms with Crippen LogP contribution >= 0.6 is 0 Å². The van der Waals surface area contributed by atoms with E-state index < -0.39 is 0 Å². The average molecular weight is 116 g/mol. The first kappa shape index (κ1) is 10.2. The van der Waals surface area contributed by atoms with E-state index >= 15 is 0 Å². The van der Waals surface area contributed by atoms with Gasteiger partial charge in [-0.25, -0.2) is 0 Å². The molecule has 0 aliphatic rings. The smallest absolute Gasteiger partial charge is 0.214 e. The average Bonchev–Trinajstić information content (AvgIpc) is 1.65. The minimum absolute atomic E-state index is 0.333. The molecule has 0 atom stereocenters. The van der Waals surface area contributed by atoms with E-state index in [4.69, 9.17) is 5.73 Å². The molecular weight excluding hydrogens is 104 g/mol. The molecule has 4 N–H and O–H groups in total. The van der Waals surface area contributed by atoms with Gasteiger partial charge < -0.3 is 11.5 Å². The summed E-state index contributed by atoms with van der Waals surface area (Å²) in [6.45, 7) is 5.24. The molecule has 0 saturated carbocycles. The fraction of sp³-hybridized carbons (Fsp3) is 0.400. The van der Waals surface area contributed by atoms with Crippen LogP contribution in [-0.2, 0) is 4.79 Å². The number of primary amides is 1. The number of hydrogen-bond acceptors (Lipinski definition) is 2. The predicted octanol–water partition coefficient (Wildman–Crippen LogP) is -0.377. The van der Waals surface area contributed by atoms with Crippen LogP contribution in [0.1, 0.15) is 6.92 Å². The molecule has 0 aliphatic carbocycles. The summed E-state index contributed by atoms with van der Waals surface area (Å²) in [7, 11) is 0. The highest BCUT2D eigenvalue weighted by Gasteiger charge is 1.61. The Bertz CT molecular complexity index is 66.8. The fourth-order valence-electron chi connectivity index (χ4n) is 0. The first-order valence-electron chi connectivity index (χ1n) is 2.22. The second-order valence-electron chi connectivity index (χ2n) is 1.14. The van der Waals surface area contributed by atoms with E-state index in [1.807, 2.05) is 0 Å². The molecule has 1 amide bonds. The number of amides is 1. The van der Waals surface area contributed by atoms with Crippen molar-refractivity contribution in [1.29, 1.82) is 0 Å². The zero-order valence-corrected chi connectivity index (χ0v) is 5.05. The Morgan fingerprint density at radius 3 is 2.00 bits per heavy atom. The first-order chi connectivity index (χ1) is 3.65. The Labute approximate surface area is 49.4 Å². The maximum absolute atomic E-state index is 9.22. The van der Waals surface area contributed by atoms with Crippen molar-refractivity contribution in [3.8, 4) is 0 Å². The standard InChI is InChI=1S/C3H7N.C2H5NO/c1-2-3-4;1-2(3)4/h2H,1,3-4H2;1H3,(H2,3,4). The van der Waals surface area contributed by atoms with Crippen molar-refractivity contribution in [3.05, 3.63) is 12.7 Å². The van der Waals surface area contributed by atoms with Gasteiger partial charge >= 0.3 is 0 Å². The van der Waals surface area contributed by atoms with Gasteiger partial charge in [0.1, 0.15) is 0 Å². The molecule has 8 heavy (non-hydrogen) atoms. The Morgan fingerprint density at radius 2 is 2.00 bits per heavy atom. The van der Waals surface area contributed by atoms with Crippen LogP contribution in [0, 0.1) is 0 Å². The van der Waals surface area contributed by atoms with E-state index in [9.17, 15) is 4.79 Å². The number of carbonyl (C=O) groups excluding carboxylic acids is 1. The van der Waals surface area contributed by atoms with Crippen LogP contribution in [0.2, 0.25) is 0 Å². The van der Waals surface area contributed by atoms with Crippen LogP contribution in [0.4, 0.5) is 0 Å². The molecule has 0 radical (unpaired) electrons. The van der Waals surface area contributed by atoms with Gasteiger partial charge in [-0.3, -0.25) is 4.79 Å². The Hall–Kier alpha value is -0.830. The van der Waals surface area contributed by atoms with Gasteiger partial charge in [0, 0.05) is 13.5 Å². The summed E-state index contributed by atoms with van der Waals surface area (Å²) in [5, 5.41) is 0. The quantitative estimate of drug-likeness (QED) is 0.458. The molecule has 0 aromatic heterocycles. The number of rotatable bonds is 1. The first-order valence-corrected chi connectivity index (χ1v) is 2.22. The van der Waals surface area contributed by atoms with Crippen LogP contribution in [0.3, 0.4) is 0 Å². The van der Waals surface area contributed by atoms with Crippen molar-refractivity contribution >= 4 is 5.91 Å². The molecule has 3 nitrogen and oxygen atoms in total. The molecule has 0 aromatic carbocycles. The van der Waals surface area contributed by atoms with Crippen molar-refractivity contribution in [2.24, 2.45) is 11.5 Å². The van der Waals surface area contributed by atoms with Gasteiger partial charge in [0.25, 0.3) is 0 Å². The second-order valence-corrected chi connectivity index (χ2v) is 1.14. The summed E-state index contributed by atoms with van der Waals surface area (Å²) in [5.74, 6) is -0.333. The summed E-state index contributed by atoms with van der Waals surface area (Å²) in [4.78, 5) is 9.22. The lowest BCUT2D eigenvalue weighted by atomic mass is 10.7. The third kappa shape index (κ3) is 3110. The Balaban J connectivity index is 0. The van der Waals surface area contributed by atoms with Crippen molar-refractivity contribution in [2.45, 2.75) is 6.92 Å². The van der Waals surface area contributed by atoms with Gasteiger partial charge in [-0.2, -0.15) is 0 Å². The van der Waals surface area contributed by atoms with Crippen molar-refractivity contribution < 1.29 is 4.79 Å². The van der Waals surface area contributed by atoms with Crippen molar-refractivity contribution in [1.82, 2.24) is 0 Å². The molecule has 0 spiro atoms. The molecule has 0 fully saturated rings. The highest BCUT2D eigenvalue weighted by molar-refractivity contribution is 5.70. The third-order valence-electron chi connectivity index (χ3n) is 0.167. The largest absolute Gasteiger partial charge is 0.370 e. The minimum atomic E-state index is -0.333. The Morgan fingerprint density at radius 1 is 1.88 bits per heavy atom. The van der Waals surface area contributed by atoms with Crippen LogP contribution in [-0.4, -0.2) is 12.5 Å². The minimum Gasteiger partial charge on any atom is -0.370 e. The van der Waals surface area contributed by atoms with Crippen LogP contribution in [0.25, 0.3) is 0 Å². The zero-order valence-electron chi connectivity index (χ0n) is 5.05. The fourth-order valence-corrected chi connectivity index (χ4v) is 0. The molecule has 0 heterocycles. The topological polar surface area (TPSA) is 69.1 Å². The molecule has 0 unspecified atom stereocenters. The number of carbonyl (C=O) groups is 1. The lowest BCUT2D eigenvalue weighted by Gasteiger charge is -1.61. The van der Waals surface area contributed by atoms with Gasteiger partial charge in [-0.15, -0.1) is 6.58 Å².